The largest absolute Gasteiger partial charge is 0.376 e. The highest BCUT2D eigenvalue weighted by Gasteiger charge is 2.42. The van der Waals surface area contributed by atoms with Crippen molar-refractivity contribution in [2.24, 2.45) is 0 Å². The summed E-state index contributed by atoms with van der Waals surface area (Å²) in [5.41, 5.74) is 3.33. The molecule has 1 aromatic carbocycles. The van der Waals surface area contributed by atoms with E-state index in [0.717, 1.165) is 42.5 Å². The van der Waals surface area contributed by atoms with Gasteiger partial charge < -0.3 is 19.5 Å². The van der Waals surface area contributed by atoms with E-state index in [1.807, 2.05) is 24.4 Å². The molecule has 2 aromatic heterocycles. The molecular weight excluding hydrogens is 380 g/mol. The SMILES string of the molecule is S=C1N[C@H](c2ccccn2)[C@H](c2cccn2-c2ccccc2)N1C[C@H]1CCCO1. The molecule has 2 aliphatic rings. The highest BCUT2D eigenvalue weighted by Crippen LogP contribution is 2.40. The molecular formula is C23H24N4OS. The van der Waals surface area contributed by atoms with E-state index in [-0.39, 0.29) is 18.2 Å². The summed E-state index contributed by atoms with van der Waals surface area (Å²) in [5.74, 6) is 0. The Morgan fingerprint density at radius 3 is 2.69 bits per heavy atom. The zero-order valence-corrected chi connectivity index (χ0v) is 17.0. The minimum absolute atomic E-state index is 0.0116. The molecule has 3 aromatic rings. The van der Waals surface area contributed by atoms with Crippen LogP contribution >= 0.6 is 12.2 Å². The Morgan fingerprint density at radius 2 is 1.93 bits per heavy atom. The molecule has 2 aliphatic heterocycles. The number of thiocarbonyl (C=S) groups is 1. The molecule has 2 saturated heterocycles. The molecule has 5 rings (SSSR count). The second kappa shape index (κ2) is 7.97. The van der Waals surface area contributed by atoms with Crippen LogP contribution in [-0.2, 0) is 4.74 Å². The quantitative estimate of drug-likeness (QED) is 0.651. The van der Waals surface area contributed by atoms with E-state index in [4.69, 9.17) is 17.0 Å². The Hall–Kier alpha value is -2.70. The molecule has 0 unspecified atom stereocenters. The number of hydrogen-bond acceptors (Lipinski definition) is 3. The van der Waals surface area contributed by atoms with Gasteiger partial charge in [0, 0.05) is 36.9 Å². The predicted molar refractivity (Wildman–Crippen MR) is 117 cm³/mol. The maximum absolute atomic E-state index is 5.93. The predicted octanol–water partition coefficient (Wildman–Crippen LogP) is 4.02. The van der Waals surface area contributed by atoms with Crippen LogP contribution in [0.3, 0.4) is 0 Å². The minimum atomic E-state index is -0.0116. The number of benzene rings is 1. The highest BCUT2D eigenvalue weighted by atomic mass is 32.1. The van der Waals surface area contributed by atoms with Crippen molar-refractivity contribution in [1.82, 2.24) is 19.8 Å². The molecule has 0 radical (unpaired) electrons. The Bertz CT molecular complexity index is 969. The van der Waals surface area contributed by atoms with Gasteiger partial charge in [-0.25, -0.2) is 0 Å². The van der Waals surface area contributed by atoms with Crippen LogP contribution in [0.15, 0.2) is 73.1 Å². The van der Waals surface area contributed by atoms with Gasteiger partial charge >= 0.3 is 0 Å². The molecule has 2 fully saturated rings. The molecule has 6 heteroatoms. The lowest BCUT2D eigenvalue weighted by molar-refractivity contribution is 0.0836. The first-order valence-electron chi connectivity index (χ1n) is 10.1. The summed E-state index contributed by atoms with van der Waals surface area (Å²) in [6.45, 7) is 1.63. The van der Waals surface area contributed by atoms with E-state index < -0.39 is 0 Å². The van der Waals surface area contributed by atoms with Crippen molar-refractivity contribution in [3.8, 4) is 5.69 Å². The molecule has 0 amide bonds. The summed E-state index contributed by atoms with van der Waals surface area (Å²) in [5, 5.41) is 4.30. The second-order valence-corrected chi connectivity index (χ2v) is 7.94. The van der Waals surface area contributed by atoms with Crippen LogP contribution in [0.5, 0.6) is 0 Å². The van der Waals surface area contributed by atoms with Crippen LogP contribution < -0.4 is 5.32 Å². The first-order valence-corrected chi connectivity index (χ1v) is 10.5. The van der Waals surface area contributed by atoms with Gasteiger partial charge in [0.05, 0.1) is 23.9 Å². The molecule has 0 spiro atoms. The average Bonchev–Trinajstić information content (AvgIpc) is 3.51. The fraction of sp³-hybridized carbons (Fsp3) is 0.304. The normalized spacial score (nSPS) is 24.1. The molecule has 1 N–H and O–H groups in total. The first kappa shape index (κ1) is 18.3. The molecule has 148 valence electrons. The summed E-state index contributed by atoms with van der Waals surface area (Å²) in [6.07, 6.45) is 6.38. The third-order valence-electron chi connectivity index (χ3n) is 5.74. The number of hydrogen-bond donors (Lipinski definition) is 1. The van der Waals surface area contributed by atoms with E-state index >= 15 is 0 Å². The van der Waals surface area contributed by atoms with E-state index in [1.165, 1.54) is 5.69 Å². The Balaban J connectivity index is 1.57. The number of ether oxygens (including phenoxy) is 1. The molecule has 29 heavy (non-hydrogen) atoms. The minimum Gasteiger partial charge on any atom is -0.376 e. The Kier molecular flexibility index (Phi) is 5.04. The van der Waals surface area contributed by atoms with Crippen molar-refractivity contribution in [3.05, 3.63) is 84.4 Å². The molecule has 0 bridgehead atoms. The Labute approximate surface area is 176 Å². The van der Waals surface area contributed by atoms with Crippen LogP contribution in [0.2, 0.25) is 0 Å². The van der Waals surface area contributed by atoms with E-state index in [1.54, 1.807) is 0 Å². The number of pyridine rings is 1. The second-order valence-electron chi connectivity index (χ2n) is 7.55. The standard InChI is InChI=1S/C23H24N4OS/c29-23-25-21(19-11-4-5-13-24-19)22(27(23)16-18-10-7-15-28-18)20-12-6-14-26(20)17-8-2-1-3-9-17/h1-6,8-9,11-14,18,21-22H,7,10,15-16H2,(H,25,29)/t18-,21-,22+/m1/s1. The number of rotatable bonds is 5. The lowest BCUT2D eigenvalue weighted by Gasteiger charge is -2.30. The maximum Gasteiger partial charge on any atom is 0.170 e. The van der Waals surface area contributed by atoms with E-state index in [2.05, 4.69) is 68.4 Å². The number of aromatic nitrogens is 2. The zero-order chi connectivity index (χ0) is 19.6. The van der Waals surface area contributed by atoms with Gasteiger partial charge in [0.25, 0.3) is 0 Å². The summed E-state index contributed by atoms with van der Waals surface area (Å²) < 4.78 is 8.18. The third kappa shape index (κ3) is 3.54. The van der Waals surface area contributed by atoms with Crippen LogP contribution in [0.25, 0.3) is 5.69 Å². The summed E-state index contributed by atoms with van der Waals surface area (Å²) in [6, 6.07) is 20.8. The van der Waals surface area contributed by atoms with Gasteiger partial charge in [-0.3, -0.25) is 4.98 Å². The van der Waals surface area contributed by atoms with Gasteiger partial charge in [0.15, 0.2) is 5.11 Å². The van der Waals surface area contributed by atoms with Crippen molar-refractivity contribution in [1.29, 1.82) is 0 Å². The van der Waals surface area contributed by atoms with Gasteiger partial charge in [0.1, 0.15) is 0 Å². The first-order chi connectivity index (χ1) is 14.3. The smallest absolute Gasteiger partial charge is 0.170 e. The van der Waals surface area contributed by atoms with Crippen LogP contribution in [0.1, 0.15) is 36.3 Å². The van der Waals surface area contributed by atoms with E-state index in [9.17, 15) is 0 Å². The fourth-order valence-electron chi connectivity index (χ4n) is 4.39. The summed E-state index contributed by atoms with van der Waals surface area (Å²) >= 11 is 5.79. The number of nitrogens with zero attached hydrogens (tertiary/aromatic N) is 3. The van der Waals surface area contributed by atoms with Crippen LogP contribution in [0.4, 0.5) is 0 Å². The van der Waals surface area contributed by atoms with Gasteiger partial charge in [-0.05, 0) is 61.5 Å². The molecule has 0 saturated carbocycles. The molecule has 0 aliphatic carbocycles. The van der Waals surface area contributed by atoms with Gasteiger partial charge in [0.2, 0.25) is 0 Å². The van der Waals surface area contributed by atoms with Crippen molar-refractivity contribution >= 4 is 17.3 Å². The highest BCUT2D eigenvalue weighted by molar-refractivity contribution is 7.80. The average molecular weight is 405 g/mol. The summed E-state index contributed by atoms with van der Waals surface area (Å²) in [7, 11) is 0. The maximum atomic E-state index is 5.93. The third-order valence-corrected chi connectivity index (χ3v) is 6.09. The van der Waals surface area contributed by atoms with Gasteiger partial charge in [-0.15, -0.1) is 0 Å². The summed E-state index contributed by atoms with van der Waals surface area (Å²) in [4.78, 5) is 6.93. The number of para-hydroxylation sites is 1. The molecule has 4 heterocycles. The van der Waals surface area contributed by atoms with Gasteiger partial charge in [-0.2, -0.15) is 0 Å². The topological polar surface area (TPSA) is 42.3 Å². The van der Waals surface area contributed by atoms with Crippen molar-refractivity contribution in [2.75, 3.05) is 13.2 Å². The number of nitrogens with one attached hydrogen (secondary N) is 1. The fourth-order valence-corrected chi connectivity index (χ4v) is 4.71. The van der Waals surface area contributed by atoms with Crippen molar-refractivity contribution in [2.45, 2.75) is 31.0 Å². The zero-order valence-electron chi connectivity index (χ0n) is 16.1. The van der Waals surface area contributed by atoms with Crippen LogP contribution in [0, 0.1) is 0 Å². The van der Waals surface area contributed by atoms with Crippen molar-refractivity contribution in [3.63, 3.8) is 0 Å². The van der Waals surface area contributed by atoms with Gasteiger partial charge in [-0.1, -0.05) is 24.3 Å². The van der Waals surface area contributed by atoms with Crippen molar-refractivity contribution < 1.29 is 4.74 Å². The Morgan fingerprint density at radius 1 is 1.07 bits per heavy atom. The van der Waals surface area contributed by atoms with E-state index in [0.29, 0.717) is 0 Å². The molecule has 5 nitrogen and oxygen atoms in total. The lowest BCUT2D eigenvalue weighted by atomic mass is 10.0. The lowest BCUT2D eigenvalue weighted by Crippen LogP contribution is -2.36. The molecule has 3 atom stereocenters. The monoisotopic (exact) mass is 404 g/mol. The van der Waals surface area contributed by atoms with Crippen LogP contribution in [-0.4, -0.2) is 38.8 Å².